The van der Waals surface area contributed by atoms with Crippen LogP contribution in [-0.4, -0.2) is 42.8 Å². The first-order chi connectivity index (χ1) is 14.9. The Bertz CT molecular complexity index is 1140. The first-order valence-electron chi connectivity index (χ1n) is 10.2. The number of carbonyl (C=O) groups is 2. The first-order valence-corrected chi connectivity index (χ1v) is 10.2. The highest BCUT2D eigenvalue weighted by Gasteiger charge is 2.37. The molecular weight excluding hydrogens is 399 g/mol. The van der Waals surface area contributed by atoms with Crippen molar-refractivity contribution in [3.05, 3.63) is 59.3 Å². The molecule has 31 heavy (non-hydrogen) atoms. The van der Waals surface area contributed by atoms with Gasteiger partial charge in [-0.3, -0.25) is 9.36 Å². The molecule has 3 aromatic rings. The first kappa shape index (κ1) is 20.8. The molecule has 160 valence electrons. The van der Waals surface area contributed by atoms with Gasteiger partial charge in [0, 0.05) is 11.6 Å². The van der Waals surface area contributed by atoms with E-state index >= 15 is 0 Å². The van der Waals surface area contributed by atoms with E-state index in [2.05, 4.69) is 32.0 Å². The quantitative estimate of drug-likeness (QED) is 0.342. The predicted octanol–water partition coefficient (Wildman–Crippen LogP) is 3.35. The van der Waals surface area contributed by atoms with Crippen LogP contribution < -0.4 is 4.90 Å². The van der Waals surface area contributed by atoms with E-state index in [1.54, 1.807) is 6.20 Å². The highest BCUT2D eigenvalue weighted by molar-refractivity contribution is 6.08. The number of ketones is 1. The van der Waals surface area contributed by atoms with Gasteiger partial charge in [0.2, 0.25) is 0 Å². The number of hydrogen-bond acceptors (Lipinski definition) is 7. The molecule has 0 amide bonds. The number of fused-ring (bicyclic) bond motifs is 3. The zero-order valence-electron chi connectivity index (χ0n) is 17.8. The number of aryl methyl sites for hydroxylation is 1. The number of halogens is 1. The van der Waals surface area contributed by atoms with Crippen molar-refractivity contribution in [1.82, 2.24) is 24.7 Å². The number of Topliss-reactive ketones (excluding diaryl/α,β-unsaturated/α-hetero) is 1. The highest BCUT2D eigenvalue weighted by Crippen LogP contribution is 2.40. The van der Waals surface area contributed by atoms with Gasteiger partial charge in [0.25, 0.3) is 0 Å². The van der Waals surface area contributed by atoms with Crippen LogP contribution in [0.2, 0.25) is 0 Å². The molecule has 0 saturated heterocycles. The minimum atomic E-state index is -1.19. The SMILES string of the molecule is CC[C@@H]1c2nnc(C)n2-c2cnc(C(C=O)C(=O)c3ccc(F)cc3)nc2N1C(C)C. The number of rotatable bonds is 6. The van der Waals surface area contributed by atoms with Gasteiger partial charge in [-0.2, -0.15) is 0 Å². The fraction of sp³-hybridized carbons (Fsp3) is 0.364. The van der Waals surface area contributed by atoms with Gasteiger partial charge < -0.3 is 9.69 Å². The summed E-state index contributed by atoms with van der Waals surface area (Å²) in [5.74, 6) is 0.139. The Kier molecular flexibility index (Phi) is 5.34. The second-order valence-corrected chi connectivity index (χ2v) is 7.79. The number of carbonyl (C=O) groups excluding carboxylic acids is 2. The predicted molar refractivity (Wildman–Crippen MR) is 112 cm³/mol. The van der Waals surface area contributed by atoms with Crippen LogP contribution in [0, 0.1) is 12.7 Å². The van der Waals surface area contributed by atoms with Crippen LogP contribution in [0.3, 0.4) is 0 Å². The van der Waals surface area contributed by atoms with Crippen molar-refractivity contribution in [2.75, 3.05) is 4.90 Å². The van der Waals surface area contributed by atoms with E-state index in [-0.39, 0.29) is 23.5 Å². The molecule has 9 heteroatoms. The minimum Gasteiger partial charge on any atom is -0.342 e. The monoisotopic (exact) mass is 422 g/mol. The summed E-state index contributed by atoms with van der Waals surface area (Å²) in [7, 11) is 0. The van der Waals surface area contributed by atoms with E-state index in [1.807, 2.05) is 25.3 Å². The maximum Gasteiger partial charge on any atom is 0.180 e. The smallest absolute Gasteiger partial charge is 0.180 e. The van der Waals surface area contributed by atoms with E-state index < -0.39 is 17.5 Å². The summed E-state index contributed by atoms with van der Waals surface area (Å²) in [5, 5.41) is 8.59. The number of anilines is 1. The van der Waals surface area contributed by atoms with Crippen LogP contribution >= 0.6 is 0 Å². The van der Waals surface area contributed by atoms with Crippen LogP contribution in [0.25, 0.3) is 5.69 Å². The Morgan fingerprint density at radius 1 is 1.23 bits per heavy atom. The third kappa shape index (κ3) is 3.39. The topological polar surface area (TPSA) is 93.9 Å². The summed E-state index contributed by atoms with van der Waals surface area (Å²) in [6, 6.07) is 5.11. The van der Waals surface area contributed by atoms with Gasteiger partial charge >= 0.3 is 0 Å². The molecule has 1 aliphatic heterocycles. The fourth-order valence-corrected chi connectivity index (χ4v) is 4.06. The van der Waals surface area contributed by atoms with Crippen molar-refractivity contribution in [2.24, 2.45) is 0 Å². The maximum absolute atomic E-state index is 13.2. The second-order valence-electron chi connectivity index (χ2n) is 7.79. The molecule has 0 aliphatic carbocycles. The molecule has 0 N–H and O–H groups in total. The number of aldehydes is 1. The Morgan fingerprint density at radius 3 is 2.55 bits per heavy atom. The molecule has 0 spiro atoms. The number of benzene rings is 1. The van der Waals surface area contributed by atoms with Gasteiger partial charge in [-0.25, -0.2) is 14.4 Å². The third-order valence-corrected chi connectivity index (χ3v) is 5.51. The second kappa shape index (κ2) is 7.98. The van der Waals surface area contributed by atoms with Crippen LogP contribution in [0.5, 0.6) is 0 Å². The molecule has 1 aliphatic rings. The Balaban J connectivity index is 1.83. The third-order valence-electron chi connectivity index (χ3n) is 5.51. The normalized spacial score (nSPS) is 16.1. The molecule has 2 aromatic heterocycles. The highest BCUT2D eigenvalue weighted by atomic mass is 19.1. The molecule has 4 rings (SSSR count). The Morgan fingerprint density at radius 2 is 1.94 bits per heavy atom. The van der Waals surface area contributed by atoms with Crippen LogP contribution in [0.15, 0.2) is 30.5 Å². The average Bonchev–Trinajstić information content (AvgIpc) is 3.15. The van der Waals surface area contributed by atoms with Crippen molar-refractivity contribution >= 4 is 17.9 Å². The van der Waals surface area contributed by atoms with Gasteiger partial charge in [-0.05, 0) is 51.5 Å². The Hall–Kier alpha value is -3.49. The molecule has 2 atom stereocenters. The molecule has 0 saturated carbocycles. The van der Waals surface area contributed by atoms with Crippen LogP contribution in [0.4, 0.5) is 10.2 Å². The molecule has 8 nitrogen and oxygen atoms in total. The lowest BCUT2D eigenvalue weighted by Crippen LogP contribution is -2.41. The van der Waals surface area contributed by atoms with E-state index in [0.717, 1.165) is 12.2 Å². The van der Waals surface area contributed by atoms with Gasteiger partial charge in [0.1, 0.15) is 35.4 Å². The van der Waals surface area contributed by atoms with Crippen molar-refractivity contribution in [3.8, 4) is 5.69 Å². The lowest BCUT2D eigenvalue weighted by Gasteiger charge is -2.40. The zero-order valence-corrected chi connectivity index (χ0v) is 17.8. The summed E-state index contributed by atoms with van der Waals surface area (Å²) in [6.07, 6.45) is 2.91. The van der Waals surface area contributed by atoms with Crippen LogP contribution in [0.1, 0.15) is 67.0 Å². The number of hydrogen-bond donors (Lipinski definition) is 0. The summed E-state index contributed by atoms with van der Waals surface area (Å²) in [6.45, 7) is 8.02. The van der Waals surface area contributed by atoms with E-state index in [1.165, 1.54) is 24.3 Å². The van der Waals surface area contributed by atoms with E-state index in [9.17, 15) is 14.0 Å². The van der Waals surface area contributed by atoms with Gasteiger partial charge in [-0.15, -0.1) is 10.2 Å². The zero-order chi connectivity index (χ0) is 22.3. The molecule has 1 aromatic carbocycles. The average molecular weight is 422 g/mol. The van der Waals surface area contributed by atoms with Gasteiger partial charge in [0.05, 0.1) is 12.2 Å². The summed E-state index contributed by atoms with van der Waals surface area (Å²) < 4.78 is 15.2. The standard InChI is InChI=1S/C22H23FN6O2/c1-5-17-22-27-26-13(4)29(22)18-10-24-20(25-21(18)28(17)12(2)3)16(11-30)19(31)14-6-8-15(23)9-7-14/h6-12,16-17H,5H2,1-4H3/t16?,17-/m1/s1. The van der Waals surface area contributed by atoms with Crippen molar-refractivity contribution in [3.63, 3.8) is 0 Å². The van der Waals surface area contributed by atoms with Gasteiger partial charge in [-0.1, -0.05) is 6.92 Å². The number of aromatic nitrogens is 5. The molecule has 0 radical (unpaired) electrons. The van der Waals surface area contributed by atoms with Gasteiger partial charge in [0.15, 0.2) is 17.4 Å². The molecule has 3 heterocycles. The van der Waals surface area contributed by atoms with Crippen molar-refractivity contribution < 1.29 is 14.0 Å². The van der Waals surface area contributed by atoms with E-state index in [4.69, 9.17) is 0 Å². The largest absolute Gasteiger partial charge is 0.342 e. The maximum atomic E-state index is 13.2. The Labute approximate surface area is 179 Å². The molecule has 1 unspecified atom stereocenters. The lowest BCUT2D eigenvalue weighted by molar-refractivity contribution is -0.108. The molecular formula is C22H23FN6O2. The minimum absolute atomic E-state index is 0.0565. The number of nitrogens with zero attached hydrogens (tertiary/aromatic N) is 6. The fourth-order valence-electron chi connectivity index (χ4n) is 4.06. The lowest BCUT2D eigenvalue weighted by atomic mass is 9.98. The summed E-state index contributed by atoms with van der Waals surface area (Å²) >= 11 is 0. The molecule has 0 fully saturated rings. The van der Waals surface area contributed by atoms with Crippen LogP contribution in [-0.2, 0) is 4.79 Å². The van der Waals surface area contributed by atoms with Crippen molar-refractivity contribution in [1.29, 1.82) is 0 Å². The summed E-state index contributed by atoms with van der Waals surface area (Å²) in [4.78, 5) is 36.0. The van der Waals surface area contributed by atoms with E-state index in [0.29, 0.717) is 23.6 Å². The molecule has 0 bridgehead atoms. The summed E-state index contributed by atoms with van der Waals surface area (Å²) in [5.41, 5.74) is 0.933. The van der Waals surface area contributed by atoms with Crippen molar-refractivity contribution in [2.45, 2.75) is 52.1 Å².